The molecule has 0 saturated carbocycles. The number of rotatable bonds is 7. The molecule has 0 unspecified atom stereocenters. The second-order valence-corrected chi connectivity index (χ2v) is 6.42. The molecule has 1 aromatic carbocycles. The maximum atomic E-state index is 5.35. The van der Waals surface area contributed by atoms with Crippen molar-refractivity contribution in [3.8, 4) is 5.69 Å². The maximum Gasteiger partial charge on any atom is 0.207 e. The summed E-state index contributed by atoms with van der Waals surface area (Å²) < 4.78 is 9.47. The Morgan fingerprint density at radius 3 is 2.90 bits per heavy atom. The standard InChI is InChI=1S/C15H19Br2N3O/c1-3-21-8-4-7-18-15-19-11(2)10-20(15)14-9-12(16)5-6-13(14)17/h5-6,9-10H,3-4,7-8H2,1-2H3,(H,18,19). The first-order valence-corrected chi connectivity index (χ1v) is 8.53. The number of aromatic nitrogens is 2. The van der Waals surface area contributed by atoms with Gasteiger partial charge in [-0.3, -0.25) is 4.57 Å². The summed E-state index contributed by atoms with van der Waals surface area (Å²) in [6.07, 6.45) is 2.98. The van der Waals surface area contributed by atoms with Crippen LogP contribution in [0, 0.1) is 6.92 Å². The highest BCUT2D eigenvalue weighted by molar-refractivity contribution is 9.11. The van der Waals surface area contributed by atoms with Crippen molar-refractivity contribution >= 4 is 37.8 Å². The van der Waals surface area contributed by atoms with Crippen molar-refractivity contribution in [2.75, 3.05) is 25.1 Å². The summed E-state index contributed by atoms with van der Waals surface area (Å²) in [6.45, 7) is 6.37. The van der Waals surface area contributed by atoms with Crippen molar-refractivity contribution in [1.82, 2.24) is 9.55 Å². The molecule has 0 spiro atoms. The largest absolute Gasteiger partial charge is 0.382 e. The van der Waals surface area contributed by atoms with Gasteiger partial charge in [-0.25, -0.2) is 4.98 Å². The van der Waals surface area contributed by atoms with Gasteiger partial charge >= 0.3 is 0 Å². The molecular formula is C15H19Br2N3O. The lowest BCUT2D eigenvalue weighted by molar-refractivity contribution is 0.147. The molecule has 0 aliphatic carbocycles. The molecule has 1 heterocycles. The van der Waals surface area contributed by atoms with Crippen molar-refractivity contribution in [2.45, 2.75) is 20.3 Å². The summed E-state index contributed by atoms with van der Waals surface area (Å²) in [4.78, 5) is 4.55. The van der Waals surface area contributed by atoms with Gasteiger partial charge in [-0.2, -0.15) is 0 Å². The Morgan fingerprint density at radius 2 is 2.14 bits per heavy atom. The molecule has 21 heavy (non-hydrogen) atoms. The monoisotopic (exact) mass is 415 g/mol. The van der Waals surface area contributed by atoms with Gasteiger partial charge in [0.25, 0.3) is 0 Å². The van der Waals surface area contributed by atoms with Crippen LogP contribution in [0.15, 0.2) is 33.3 Å². The van der Waals surface area contributed by atoms with Crippen LogP contribution in [0.4, 0.5) is 5.95 Å². The Bertz CT molecular complexity index is 599. The summed E-state index contributed by atoms with van der Waals surface area (Å²) in [5.41, 5.74) is 2.03. The van der Waals surface area contributed by atoms with E-state index in [-0.39, 0.29) is 0 Å². The van der Waals surface area contributed by atoms with Crippen LogP contribution in [0.2, 0.25) is 0 Å². The van der Waals surface area contributed by atoms with Crippen molar-refractivity contribution in [1.29, 1.82) is 0 Å². The molecule has 0 aliphatic rings. The van der Waals surface area contributed by atoms with Crippen LogP contribution in [0.5, 0.6) is 0 Å². The van der Waals surface area contributed by atoms with Gasteiger partial charge in [-0.05, 0) is 54.4 Å². The lowest BCUT2D eigenvalue weighted by Crippen LogP contribution is -2.10. The molecule has 0 amide bonds. The van der Waals surface area contributed by atoms with E-state index in [1.54, 1.807) is 0 Å². The van der Waals surface area contributed by atoms with E-state index < -0.39 is 0 Å². The van der Waals surface area contributed by atoms with Gasteiger partial charge in [-0.15, -0.1) is 0 Å². The average Bonchev–Trinajstić information content (AvgIpc) is 2.82. The molecule has 6 heteroatoms. The second kappa shape index (κ2) is 7.96. The predicted molar refractivity (Wildman–Crippen MR) is 93.3 cm³/mol. The Kier molecular flexibility index (Phi) is 6.26. The lowest BCUT2D eigenvalue weighted by atomic mass is 10.3. The molecule has 0 aliphatic heterocycles. The number of imidazole rings is 1. The first-order valence-electron chi connectivity index (χ1n) is 6.95. The third-order valence-corrected chi connectivity index (χ3v) is 4.11. The molecule has 0 saturated heterocycles. The molecule has 4 nitrogen and oxygen atoms in total. The fourth-order valence-electron chi connectivity index (χ4n) is 2.00. The number of ether oxygens (including phenoxy) is 1. The van der Waals surface area contributed by atoms with E-state index in [0.717, 1.165) is 52.5 Å². The fraction of sp³-hybridized carbons (Fsp3) is 0.400. The third-order valence-electron chi connectivity index (χ3n) is 2.95. The Hall–Kier alpha value is -0.850. The number of hydrogen-bond acceptors (Lipinski definition) is 3. The number of nitrogens with zero attached hydrogens (tertiary/aromatic N) is 2. The van der Waals surface area contributed by atoms with Crippen molar-refractivity contribution in [2.24, 2.45) is 0 Å². The lowest BCUT2D eigenvalue weighted by Gasteiger charge is -2.11. The molecule has 114 valence electrons. The summed E-state index contributed by atoms with van der Waals surface area (Å²) in [6, 6.07) is 6.09. The van der Waals surface area contributed by atoms with Crippen LogP contribution in [-0.4, -0.2) is 29.3 Å². The minimum Gasteiger partial charge on any atom is -0.382 e. The molecule has 1 aromatic heterocycles. The van der Waals surface area contributed by atoms with Gasteiger partial charge in [-0.1, -0.05) is 15.9 Å². The molecule has 1 N–H and O–H groups in total. The summed E-state index contributed by atoms with van der Waals surface area (Å²) in [5, 5.41) is 3.37. The number of halogens is 2. The molecule has 2 rings (SSSR count). The molecule has 0 bridgehead atoms. The van der Waals surface area contributed by atoms with Crippen LogP contribution < -0.4 is 5.32 Å². The zero-order valence-corrected chi connectivity index (χ0v) is 15.4. The van der Waals surface area contributed by atoms with Crippen molar-refractivity contribution in [3.05, 3.63) is 39.0 Å². The molecule has 0 fully saturated rings. The van der Waals surface area contributed by atoms with E-state index in [1.165, 1.54) is 0 Å². The molecular weight excluding hydrogens is 398 g/mol. The molecule has 2 aromatic rings. The highest BCUT2D eigenvalue weighted by Crippen LogP contribution is 2.27. The van der Waals surface area contributed by atoms with Crippen LogP contribution in [-0.2, 0) is 4.74 Å². The van der Waals surface area contributed by atoms with Crippen molar-refractivity contribution in [3.63, 3.8) is 0 Å². The van der Waals surface area contributed by atoms with E-state index in [2.05, 4.69) is 52.8 Å². The summed E-state index contributed by atoms with van der Waals surface area (Å²) in [5.74, 6) is 0.850. The summed E-state index contributed by atoms with van der Waals surface area (Å²) in [7, 11) is 0. The highest BCUT2D eigenvalue weighted by atomic mass is 79.9. The van der Waals surface area contributed by atoms with E-state index in [9.17, 15) is 0 Å². The second-order valence-electron chi connectivity index (χ2n) is 4.65. The van der Waals surface area contributed by atoms with E-state index in [1.807, 2.05) is 32.2 Å². The molecule has 0 radical (unpaired) electrons. The fourth-order valence-corrected chi connectivity index (χ4v) is 2.78. The van der Waals surface area contributed by atoms with E-state index in [0.29, 0.717) is 0 Å². The summed E-state index contributed by atoms with van der Waals surface area (Å²) >= 11 is 7.11. The Balaban J connectivity index is 2.14. The number of anilines is 1. The minimum absolute atomic E-state index is 0.763. The maximum absolute atomic E-state index is 5.35. The minimum atomic E-state index is 0.763. The van der Waals surface area contributed by atoms with Crippen LogP contribution in [0.3, 0.4) is 0 Å². The Labute approximate surface area is 142 Å². The number of hydrogen-bond donors (Lipinski definition) is 1. The van der Waals surface area contributed by atoms with Crippen LogP contribution in [0.1, 0.15) is 19.0 Å². The SMILES string of the molecule is CCOCCCNc1nc(C)cn1-c1cc(Br)ccc1Br. The predicted octanol–water partition coefficient (Wildman–Crippen LogP) is 4.54. The van der Waals surface area contributed by atoms with Gasteiger partial charge in [0.2, 0.25) is 5.95 Å². The number of benzene rings is 1. The van der Waals surface area contributed by atoms with Crippen LogP contribution in [0.25, 0.3) is 5.69 Å². The van der Waals surface area contributed by atoms with Gasteiger partial charge < -0.3 is 10.1 Å². The van der Waals surface area contributed by atoms with Crippen molar-refractivity contribution < 1.29 is 4.74 Å². The number of aryl methyl sites for hydroxylation is 1. The zero-order valence-electron chi connectivity index (χ0n) is 12.2. The van der Waals surface area contributed by atoms with Crippen LogP contribution >= 0.6 is 31.9 Å². The quantitative estimate of drug-likeness (QED) is 0.673. The van der Waals surface area contributed by atoms with Gasteiger partial charge in [0.05, 0.1) is 11.4 Å². The number of nitrogens with one attached hydrogen (secondary N) is 1. The Morgan fingerprint density at radius 1 is 1.33 bits per heavy atom. The zero-order chi connectivity index (χ0) is 15.2. The first kappa shape index (κ1) is 16.5. The highest BCUT2D eigenvalue weighted by Gasteiger charge is 2.10. The van der Waals surface area contributed by atoms with Gasteiger partial charge in [0.1, 0.15) is 0 Å². The third kappa shape index (κ3) is 4.56. The van der Waals surface area contributed by atoms with Gasteiger partial charge in [0.15, 0.2) is 0 Å². The average molecular weight is 417 g/mol. The topological polar surface area (TPSA) is 39.1 Å². The first-order chi connectivity index (χ1) is 10.1. The molecule has 0 atom stereocenters. The smallest absolute Gasteiger partial charge is 0.207 e. The normalized spacial score (nSPS) is 10.9. The van der Waals surface area contributed by atoms with Gasteiger partial charge in [0, 0.05) is 34.9 Å². The van der Waals surface area contributed by atoms with E-state index >= 15 is 0 Å². The van der Waals surface area contributed by atoms with E-state index in [4.69, 9.17) is 4.74 Å².